The Morgan fingerprint density at radius 2 is 2.00 bits per heavy atom. The van der Waals surface area contributed by atoms with E-state index in [0.717, 1.165) is 16.8 Å². The van der Waals surface area contributed by atoms with Gasteiger partial charge in [-0.05, 0) is 18.6 Å². The molecule has 5 heteroatoms. The number of hydrogen-bond donors (Lipinski definition) is 1. The summed E-state index contributed by atoms with van der Waals surface area (Å²) in [4.78, 5) is 9.99. The molecule has 0 atom stereocenters. The minimum atomic E-state index is 0.224. The number of rotatable bonds is 5. The van der Waals surface area contributed by atoms with Gasteiger partial charge in [0.2, 0.25) is 0 Å². The van der Waals surface area contributed by atoms with Crippen LogP contribution in [0, 0.1) is 11.8 Å². The van der Waals surface area contributed by atoms with E-state index in [-0.39, 0.29) is 6.54 Å². The largest absolute Gasteiger partial charge is 0.366 e. The van der Waals surface area contributed by atoms with E-state index in [9.17, 15) is 4.91 Å². The molecule has 1 aromatic heterocycles. The van der Waals surface area contributed by atoms with Gasteiger partial charge in [-0.3, -0.25) is 0 Å². The first kappa shape index (κ1) is 12.2. The third-order valence-electron chi connectivity index (χ3n) is 2.55. The molecule has 18 heavy (non-hydrogen) atoms. The van der Waals surface area contributed by atoms with Crippen molar-refractivity contribution in [1.82, 2.24) is 10.2 Å². The lowest BCUT2D eigenvalue weighted by molar-refractivity contribution is 0.960. The lowest BCUT2D eigenvalue weighted by atomic mass is 10.1. The quantitative estimate of drug-likeness (QED) is 0.646. The highest BCUT2D eigenvalue weighted by molar-refractivity contribution is 5.61. The third kappa shape index (κ3) is 2.88. The number of anilines is 1. The number of aryl methyl sites for hydroxylation is 1. The number of aromatic nitrogens is 2. The summed E-state index contributed by atoms with van der Waals surface area (Å²) in [6.07, 6.45) is 0. The average Bonchev–Trinajstić information content (AvgIpc) is 2.42. The molecule has 1 aromatic carbocycles. The van der Waals surface area contributed by atoms with Crippen molar-refractivity contribution < 1.29 is 0 Å². The van der Waals surface area contributed by atoms with E-state index in [4.69, 9.17) is 0 Å². The molecule has 0 saturated heterocycles. The Morgan fingerprint density at radius 3 is 2.67 bits per heavy atom. The zero-order chi connectivity index (χ0) is 12.8. The second-order valence-electron chi connectivity index (χ2n) is 3.91. The van der Waals surface area contributed by atoms with Crippen molar-refractivity contribution in [2.45, 2.75) is 6.92 Å². The van der Waals surface area contributed by atoms with Crippen molar-refractivity contribution in [1.29, 1.82) is 0 Å². The summed E-state index contributed by atoms with van der Waals surface area (Å²) in [6.45, 7) is 2.66. The Kier molecular flexibility index (Phi) is 3.96. The highest BCUT2D eigenvalue weighted by atomic mass is 16.3. The van der Waals surface area contributed by atoms with Gasteiger partial charge in [-0.25, -0.2) is 0 Å². The maximum absolute atomic E-state index is 9.99. The van der Waals surface area contributed by atoms with Crippen LogP contribution < -0.4 is 5.32 Å². The van der Waals surface area contributed by atoms with E-state index in [1.165, 1.54) is 0 Å². The molecule has 1 heterocycles. The van der Waals surface area contributed by atoms with Crippen molar-refractivity contribution in [3.05, 3.63) is 46.9 Å². The summed E-state index contributed by atoms with van der Waals surface area (Å²) in [6, 6.07) is 11.9. The van der Waals surface area contributed by atoms with Crippen LogP contribution in [0.25, 0.3) is 11.3 Å². The summed E-state index contributed by atoms with van der Waals surface area (Å²) in [7, 11) is 0. The van der Waals surface area contributed by atoms with Gasteiger partial charge >= 0.3 is 0 Å². The fourth-order valence-corrected chi connectivity index (χ4v) is 1.63. The first-order valence-corrected chi connectivity index (χ1v) is 5.74. The van der Waals surface area contributed by atoms with Crippen LogP contribution in [0.1, 0.15) is 5.56 Å². The van der Waals surface area contributed by atoms with Crippen LogP contribution in [0.4, 0.5) is 5.82 Å². The second-order valence-corrected chi connectivity index (χ2v) is 3.91. The highest BCUT2D eigenvalue weighted by Crippen LogP contribution is 2.19. The number of nitroso groups, excluding NO2 is 1. The monoisotopic (exact) mass is 242 g/mol. The van der Waals surface area contributed by atoms with Crippen molar-refractivity contribution in [3.8, 4) is 11.3 Å². The van der Waals surface area contributed by atoms with E-state index in [2.05, 4.69) is 20.7 Å². The van der Waals surface area contributed by atoms with Crippen LogP contribution in [-0.4, -0.2) is 23.3 Å². The molecule has 0 aliphatic carbocycles. The summed E-state index contributed by atoms with van der Waals surface area (Å²) >= 11 is 0. The van der Waals surface area contributed by atoms with Crippen LogP contribution in [0.15, 0.2) is 41.6 Å². The van der Waals surface area contributed by atoms with Gasteiger partial charge in [-0.2, -0.15) is 4.91 Å². The number of benzene rings is 1. The molecule has 0 saturated carbocycles. The van der Waals surface area contributed by atoms with Gasteiger partial charge in [0, 0.05) is 12.1 Å². The molecule has 2 rings (SSSR count). The van der Waals surface area contributed by atoms with Crippen LogP contribution in [-0.2, 0) is 0 Å². The van der Waals surface area contributed by atoms with Gasteiger partial charge in [0.1, 0.15) is 0 Å². The van der Waals surface area contributed by atoms with Crippen molar-refractivity contribution in [3.63, 3.8) is 0 Å². The Hall–Kier alpha value is -2.30. The second kappa shape index (κ2) is 5.86. The molecule has 92 valence electrons. The third-order valence-corrected chi connectivity index (χ3v) is 2.55. The Morgan fingerprint density at radius 1 is 1.22 bits per heavy atom. The van der Waals surface area contributed by atoms with Gasteiger partial charge < -0.3 is 5.32 Å². The topological polar surface area (TPSA) is 67.2 Å². The van der Waals surface area contributed by atoms with Gasteiger partial charge in [0.25, 0.3) is 0 Å². The SMILES string of the molecule is Cc1cc(-c2ccccc2)nnc1NCCN=O. The van der Waals surface area contributed by atoms with Gasteiger partial charge in [0.15, 0.2) is 5.82 Å². The number of nitrogens with one attached hydrogen (secondary N) is 1. The van der Waals surface area contributed by atoms with Crippen molar-refractivity contribution in [2.24, 2.45) is 5.18 Å². The first-order valence-electron chi connectivity index (χ1n) is 5.74. The molecule has 0 radical (unpaired) electrons. The fourth-order valence-electron chi connectivity index (χ4n) is 1.63. The van der Waals surface area contributed by atoms with Crippen molar-refractivity contribution >= 4 is 5.82 Å². The van der Waals surface area contributed by atoms with E-state index < -0.39 is 0 Å². The van der Waals surface area contributed by atoms with Crippen LogP contribution in [0.2, 0.25) is 0 Å². The van der Waals surface area contributed by atoms with Gasteiger partial charge in [-0.15, -0.1) is 10.2 Å². The Labute approximate surface area is 105 Å². The molecule has 1 N–H and O–H groups in total. The fraction of sp³-hybridized carbons (Fsp3) is 0.231. The van der Waals surface area contributed by atoms with E-state index in [1.807, 2.05) is 43.3 Å². The summed E-state index contributed by atoms with van der Waals surface area (Å²) in [5.74, 6) is 0.693. The Balaban J connectivity index is 2.17. The molecule has 5 nitrogen and oxygen atoms in total. The lowest BCUT2D eigenvalue weighted by Crippen LogP contribution is -2.08. The van der Waals surface area contributed by atoms with Gasteiger partial charge in [0.05, 0.1) is 12.2 Å². The van der Waals surface area contributed by atoms with Gasteiger partial charge in [-0.1, -0.05) is 35.5 Å². The molecule has 0 aliphatic heterocycles. The maximum Gasteiger partial charge on any atom is 0.151 e. The predicted octanol–water partition coefficient (Wildman–Crippen LogP) is 2.63. The minimum Gasteiger partial charge on any atom is -0.366 e. The standard InChI is InChI=1S/C13H14N4O/c1-10-9-12(11-5-3-2-4-6-11)16-17-13(10)14-7-8-15-18/h2-6,9H,7-8H2,1H3,(H,14,17). The van der Waals surface area contributed by atoms with Crippen LogP contribution >= 0.6 is 0 Å². The molecule has 0 bridgehead atoms. The average molecular weight is 242 g/mol. The molecule has 0 unspecified atom stereocenters. The number of hydrogen-bond acceptors (Lipinski definition) is 5. The normalized spacial score (nSPS) is 10.1. The smallest absolute Gasteiger partial charge is 0.151 e. The predicted molar refractivity (Wildman–Crippen MR) is 71.4 cm³/mol. The minimum absolute atomic E-state index is 0.224. The molecule has 0 aliphatic rings. The summed E-state index contributed by atoms with van der Waals surface area (Å²) < 4.78 is 0. The molecule has 2 aromatic rings. The zero-order valence-corrected chi connectivity index (χ0v) is 10.1. The van der Waals surface area contributed by atoms with Crippen LogP contribution in [0.3, 0.4) is 0 Å². The van der Waals surface area contributed by atoms with E-state index >= 15 is 0 Å². The summed E-state index contributed by atoms with van der Waals surface area (Å²) in [5.41, 5.74) is 2.87. The molecular formula is C13H14N4O. The van der Waals surface area contributed by atoms with Crippen molar-refractivity contribution in [2.75, 3.05) is 18.4 Å². The molecular weight excluding hydrogens is 228 g/mol. The maximum atomic E-state index is 9.99. The number of nitrogens with zero attached hydrogens (tertiary/aromatic N) is 3. The lowest BCUT2D eigenvalue weighted by Gasteiger charge is -2.07. The highest BCUT2D eigenvalue weighted by Gasteiger charge is 2.04. The zero-order valence-electron chi connectivity index (χ0n) is 10.1. The summed E-state index contributed by atoms with van der Waals surface area (Å²) in [5, 5.41) is 14.1. The first-order chi connectivity index (χ1) is 8.81. The molecule has 0 fully saturated rings. The molecule has 0 spiro atoms. The van der Waals surface area contributed by atoms with E-state index in [0.29, 0.717) is 12.4 Å². The molecule has 0 amide bonds. The van der Waals surface area contributed by atoms with E-state index in [1.54, 1.807) is 0 Å². The van der Waals surface area contributed by atoms with Crippen LogP contribution in [0.5, 0.6) is 0 Å². The Bertz CT molecular complexity index is 528.